The summed E-state index contributed by atoms with van der Waals surface area (Å²) in [5, 5.41) is 9.21. The van der Waals surface area contributed by atoms with Crippen molar-refractivity contribution in [2.24, 2.45) is 0 Å². The van der Waals surface area contributed by atoms with Crippen molar-refractivity contribution in [3.63, 3.8) is 0 Å². The number of aromatic amines is 1. The minimum absolute atomic E-state index is 0.0200. The standard InChI is InChI=1S/C21H21N5O2/c1-26(11-14-5-9-17(28-2)10-6-14)21-18-20(22-13-23-21)25-19(24-18)16-7-3-15(12-27)4-8-16/h3-10,13,27H,11-12H2,1-2H3,(H,22,23,24,25). The Balaban J connectivity index is 1.63. The van der Waals surface area contributed by atoms with Gasteiger partial charge in [-0.25, -0.2) is 15.0 Å². The second-order valence-corrected chi connectivity index (χ2v) is 6.54. The number of H-pyrrole nitrogens is 1. The van der Waals surface area contributed by atoms with Gasteiger partial charge in [0, 0.05) is 19.2 Å². The van der Waals surface area contributed by atoms with E-state index in [0.29, 0.717) is 12.2 Å². The maximum atomic E-state index is 9.21. The minimum atomic E-state index is 0.0200. The van der Waals surface area contributed by atoms with Crippen LogP contribution >= 0.6 is 0 Å². The molecule has 0 aliphatic heterocycles. The second kappa shape index (κ2) is 7.66. The molecule has 0 unspecified atom stereocenters. The predicted octanol–water partition coefficient (Wildman–Crippen LogP) is 3.16. The van der Waals surface area contributed by atoms with E-state index in [2.05, 4.69) is 24.8 Å². The normalized spacial score (nSPS) is 11.0. The first-order chi connectivity index (χ1) is 13.7. The van der Waals surface area contributed by atoms with Crippen LogP contribution in [0, 0.1) is 0 Å². The highest BCUT2D eigenvalue weighted by molar-refractivity contribution is 5.85. The Labute approximate surface area is 162 Å². The number of hydrogen-bond acceptors (Lipinski definition) is 6. The van der Waals surface area contributed by atoms with Crippen LogP contribution in [0.2, 0.25) is 0 Å². The lowest BCUT2D eigenvalue weighted by Gasteiger charge is -2.18. The summed E-state index contributed by atoms with van der Waals surface area (Å²) in [7, 11) is 3.65. The molecule has 2 N–H and O–H groups in total. The zero-order chi connectivity index (χ0) is 19.5. The van der Waals surface area contributed by atoms with Crippen molar-refractivity contribution in [3.8, 4) is 17.1 Å². The third-order valence-electron chi connectivity index (χ3n) is 4.62. The molecule has 0 spiro atoms. The van der Waals surface area contributed by atoms with Gasteiger partial charge < -0.3 is 19.7 Å². The summed E-state index contributed by atoms with van der Waals surface area (Å²) < 4.78 is 5.21. The van der Waals surface area contributed by atoms with Crippen molar-refractivity contribution in [2.45, 2.75) is 13.2 Å². The largest absolute Gasteiger partial charge is 0.497 e. The molecular weight excluding hydrogens is 354 g/mol. The van der Waals surface area contributed by atoms with Crippen molar-refractivity contribution in [3.05, 3.63) is 66.0 Å². The summed E-state index contributed by atoms with van der Waals surface area (Å²) in [4.78, 5) is 18.8. The first-order valence-corrected chi connectivity index (χ1v) is 8.93. The van der Waals surface area contributed by atoms with Gasteiger partial charge in [-0.05, 0) is 23.3 Å². The molecule has 0 saturated heterocycles. The number of anilines is 1. The van der Waals surface area contributed by atoms with E-state index in [1.54, 1.807) is 7.11 Å². The lowest BCUT2D eigenvalue weighted by Crippen LogP contribution is -2.18. The Morgan fingerprint density at radius 3 is 2.39 bits per heavy atom. The molecule has 0 amide bonds. The predicted molar refractivity (Wildman–Crippen MR) is 108 cm³/mol. The third-order valence-corrected chi connectivity index (χ3v) is 4.62. The van der Waals surface area contributed by atoms with Crippen molar-refractivity contribution in [2.75, 3.05) is 19.1 Å². The number of ether oxygens (including phenoxy) is 1. The van der Waals surface area contributed by atoms with Gasteiger partial charge in [0.15, 0.2) is 11.5 Å². The van der Waals surface area contributed by atoms with E-state index in [1.807, 2.05) is 55.6 Å². The molecule has 0 bridgehead atoms. The first kappa shape index (κ1) is 17.9. The van der Waals surface area contributed by atoms with E-state index < -0.39 is 0 Å². The highest BCUT2D eigenvalue weighted by Crippen LogP contribution is 2.26. The van der Waals surface area contributed by atoms with Gasteiger partial charge in [-0.1, -0.05) is 36.4 Å². The summed E-state index contributed by atoms with van der Waals surface area (Å²) in [6, 6.07) is 15.6. The van der Waals surface area contributed by atoms with Crippen LogP contribution in [0.3, 0.4) is 0 Å². The van der Waals surface area contributed by atoms with Gasteiger partial charge in [-0.2, -0.15) is 0 Å². The minimum Gasteiger partial charge on any atom is -0.497 e. The molecule has 7 heteroatoms. The Hall–Kier alpha value is -3.45. The third kappa shape index (κ3) is 3.52. The number of aliphatic hydroxyl groups is 1. The van der Waals surface area contributed by atoms with Crippen LogP contribution in [0.15, 0.2) is 54.9 Å². The highest BCUT2D eigenvalue weighted by atomic mass is 16.5. The van der Waals surface area contributed by atoms with Crippen LogP contribution in [-0.4, -0.2) is 39.2 Å². The molecule has 7 nitrogen and oxygen atoms in total. The molecule has 0 fully saturated rings. The van der Waals surface area contributed by atoms with Crippen molar-refractivity contribution >= 4 is 17.0 Å². The van der Waals surface area contributed by atoms with Crippen LogP contribution in [0.5, 0.6) is 5.75 Å². The first-order valence-electron chi connectivity index (χ1n) is 8.93. The number of benzene rings is 2. The molecule has 4 aromatic rings. The molecule has 0 saturated carbocycles. The molecule has 2 aromatic heterocycles. The lowest BCUT2D eigenvalue weighted by molar-refractivity contribution is 0.282. The van der Waals surface area contributed by atoms with Gasteiger partial charge in [0.2, 0.25) is 0 Å². The van der Waals surface area contributed by atoms with Gasteiger partial charge in [-0.3, -0.25) is 0 Å². The Bertz CT molecular complexity index is 1070. The van der Waals surface area contributed by atoms with E-state index in [1.165, 1.54) is 6.33 Å². The van der Waals surface area contributed by atoms with E-state index in [-0.39, 0.29) is 6.61 Å². The quantitative estimate of drug-likeness (QED) is 0.538. The summed E-state index contributed by atoms with van der Waals surface area (Å²) in [6.07, 6.45) is 1.53. The Morgan fingerprint density at radius 1 is 1.00 bits per heavy atom. The van der Waals surface area contributed by atoms with E-state index in [9.17, 15) is 5.11 Å². The van der Waals surface area contributed by atoms with Crippen LogP contribution in [0.4, 0.5) is 5.82 Å². The highest BCUT2D eigenvalue weighted by Gasteiger charge is 2.14. The molecule has 4 rings (SSSR count). The molecule has 0 atom stereocenters. The average Bonchev–Trinajstić information content (AvgIpc) is 3.18. The number of imidazole rings is 1. The Kier molecular flexibility index (Phi) is 4.90. The molecule has 28 heavy (non-hydrogen) atoms. The number of rotatable bonds is 6. The van der Waals surface area contributed by atoms with Gasteiger partial charge in [0.05, 0.1) is 13.7 Å². The van der Waals surface area contributed by atoms with Crippen molar-refractivity contribution < 1.29 is 9.84 Å². The van der Waals surface area contributed by atoms with Crippen LogP contribution in [0.1, 0.15) is 11.1 Å². The zero-order valence-corrected chi connectivity index (χ0v) is 15.8. The molecular formula is C21H21N5O2. The smallest absolute Gasteiger partial charge is 0.183 e. The summed E-state index contributed by atoms with van der Waals surface area (Å²) in [5.41, 5.74) is 4.35. The number of methoxy groups -OCH3 is 1. The number of aliphatic hydroxyl groups excluding tert-OH is 1. The average molecular weight is 375 g/mol. The fourth-order valence-corrected chi connectivity index (χ4v) is 3.09. The zero-order valence-electron chi connectivity index (χ0n) is 15.8. The summed E-state index contributed by atoms with van der Waals surface area (Å²) in [5.74, 6) is 2.34. The molecule has 2 heterocycles. The Morgan fingerprint density at radius 2 is 1.71 bits per heavy atom. The maximum absolute atomic E-state index is 9.21. The molecule has 142 valence electrons. The molecule has 2 aromatic carbocycles. The number of hydrogen-bond donors (Lipinski definition) is 2. The van der Waals surface area contributed by atoms with Crippen molar-refractivity contribution in [1.82, 2.24) is 19.9 Å². The SMILES string of the molecule is COc1ccc(CN(C)c2ncnc3nc(-c4ccc(CO)cc4)[nH]c23)cc1. The van der Waals surface area contributed by atoms with Gasteiger partial charge in [0.25, 0.3) is 0 Å². The second-order valence-electron chi connectivity index (χ2n) is 6.54. The molecule has 0 radical (unpaired) electrons. The fraction of sp³-hybridized carbons (Fsp3) is 0.190. The lowest BCUT2D eigenvalue weighted by atomic mass is 10.1. The van der Waals surface area contributed by atoms with Crippen molar-refractivity contribution in [1.29, 1.82) is 0 Å². The summed E-state index contributed by atoms with van der Waals surface area (Å²) >= 11 is 0. The van der Waals surface area contributed by atoms with E-state index >= 15 is 0 Å². The maximum Gasteiger partial charge on any atom is 0.183 e. The number of nitrogens with zero attached hydrogens (tertiary/aromatic N) is 4. The summed E-state index contributed by atoms with van der Waals surface area (Å²) in [6.45, 7) is 0.710. The monoisotopic (exact) mass is 375 g/mol. The van der Waals surface area contributed by atoms with Crippen LogP contribution in [0.25, 0.3) is 22.6 Å². The van der Waals surface area contributed by atoms with E-state index in [4.69, 9.17) is 4.74 Å². The number of fused-ring (bicyclic) bond motifs is 1. The van der Waals surface area contributed by atoms with Gasteiger partial charge in [0.1, 0.15) is 23.4 Å². The van der Waals surface area contributed by atoms with Crippen LogP contribution in [-0.2, 0) is 13.2 Å². The topological polar surface area (TPSA) is 87.2 Å². The number of aromatic nitrogens is 4. The number of nitrogens with one attached hydrogen (secondary N) is 1. The van der Waals surface area contributed by atoms with Crippen LogP contribution < -0.4 is 9.64 Å². The van der Waals surface area contributed by atoms with E-state index in [0.717, 1.165) is 39.6 Å². The van der Waals surface area contributed by atoms with Gasteiger partial charge >= 0.3 is 0 Å². The molecule has 0 aliphatic carbocycles. The van der Waals surface area contributed by atoms with Gasteiger partial charge in [-0.15, -0.1) is 0 Å². The molecule has 0 aliphatic rings. The fourth-order valence-electron chi connectivity index (χ4n) is 3.09.